The van der Waals surface area contributed by atoms with Gasteiger partial charge >= 0.3 is 0 Å². The molecule has 90 valence electrons. The average molecular weight is 238 g/mol. The summed E-state index contributed by atoms with van der Waals surface area (Å²) in [6.07, 6.45) is 5.71. The molecular weight excluding hydrogens is 224 g/mol. The molecule has 0 unspecified atom stereocenters. The highest BCUT2D eigenvalue weighted by Gasteiger charge is 2.02. The van der Waals surface area contributed by atoms with Crippen LogP contribution in [-0.4, -0.2) is 14.8 Å². The van der Waals surface area contributed by atoms with Gasteiger partial charge in [0.15, 0.2) is 0 Å². The molecule has 3 aromatic rings. The molecule has 0 saturated carbocycles. The van der Waals surface area contributed by atoms with E-state index in [0.717, 1.165) is 17.7 Å². The van der Waals surface area contributed by atoms with Gasteiger partial charge in [-0.25, -0.2) is 0 Å². The Kier molecular flexibility index (Phi) is 2.68. The van der Waals surface area contributed by atoms with Gasteiger partial charge in [0.1, 0.15) is 5.82 Å². The van der Waals surface area contributed by atoms with Gasteiger partial charge in [-0.05, 0) is 10.9 Å². The Hall–Kier alpha value is -2.36. The number of nitrogens with one attached hydrogen (secondary N) is 1. The molecule has 1 N–H and O–H groups in total. The van der Waals surface area contributed by atoms with Gasteiger partial charge in [-0.1, -0.05) is 24.3 Å². The number of aryl methyl sites for hydroxylation is 1. The van der Waals surface area contributed by atoms with Crippen LogP contribution in [0.25, 0.3) is 10.8 Å². The van der Waals surface area contributed by atoms with Gasteiger partial charge in [-0.3, -0.25) is 9.67 Å². The molecule has 0 aliphatic carbocycles. The van der Waals surface area contributed by atoms with Gasteiger partial charge in [-0.15, -0.1) is 0 Å². The maximum absolute atomic E-state index is 4.29. The lowest BCUT2D eigenvalue weighted by molar-refractivity contribution is 0.768. The number of hydrogen-bond donors (Lipinski definition) is 1. The van der Waals surface area contributed by atoms with Crippen molar-refractivity contribution in [1.82, 2.24) is 14.8 Å². The summed E-state index contributed by atoms with van der Waals surface area (Å²) in [6, 6.07) is 10.2. The van der Waals surface area contributed by atoms with Crippen LogP contribution in [0.2, 0.25) is 0 Å². The Balaban J connectivity index is 1.86. The third-order valence-corrected chi connectivity index (χ3v) is 2.92. The first kappa shape index (κ1) is 10.8. The highest BCUT2D eigenvalue weighted by atomic mass is 15.3. The zero-order chi connectivity index (χ0) is 12.4. The summed E-state index contributed by atoms with van der Waals surface area (Å²) in [6.45, 7) is 0.728. The van der Waals surface area contributed by atoms with Crippen molar-refractivity contribution in [2.24, 2.45) is 7.05 Å². The number of aromatic nitrogens is 3. The average Bonchev–Trinajstić information content (AvgIpc) is 2.82. The number of benzene rings is 1. The lowest BCUT2D eigenvalue weighted by Crippen LogP contribution is -2.02. The number of pyridine rings is 1. The second kappa shape index (κ2) is 4.49. The van der Waals surface area contributed by atoms with Gasteiger partial charge < -0.3 is 5.32 Å². The molecule has 4 nitrogen and oxygen atoms in total. The van der Waals surface area contributed by atoms with Crippen LogP contribution < -0.4 is 5.32 Å². The van der Waals surface area contributed by atoms with Crippen molar-refractivity contribution in [1.29, 1.82) is 0 Å². The second-order valence-corrected chi connectivity index (χ2v) is 4.25. The van der Waals surface area contributed by atoms with E-state index < -0.39 is 0 Å². The molecule has 0 spiro atoms. The molecule has 0 atom stereocenters. The Morgan fingerprint density at radius 2 is 2.06 bits per heavy atom. The number of anilines is 1. The lowest BCUT2D eigenvalue weighted by atomic mass is 10.1. The van der Waals surface area contributed by atoms with Gasteiger partial charge in [0.05, 0.1) is 0 Å². The number of nitrogens with zero attached hydrogens (tertiary/aromatic N) is 3. The standard InChI is InChI=1S/C14H14N4/c1-18-7-6-14(17-18)16-10-12-9-15-8-11-4-2-3-5-13(11)12/h2-9H,10H2,1H3,(H,16,17). The predicted molar refractivity (Wildman–Crippen MR) is 72.3 cm³/mol. The van der Waals surface area contributed by atoms with Gasteiger partial charge in [0, 0.05) is 43.6 Å². The fourth-order valence-electron chi connectivity index (χ4n) is 2.02. The van der Waals surface area contributed by atoms with E-state index in [1.165, 1.54) is 10.9 Å². The van der Waals surface area contributed by atoms with Crippen LogP contribution in [0.4, 0.5) is 5.82 Å². The second-order valence-electron chi connectivity index (χ2n) is 4.25. The summed E-state index contributed by atoms with van der Waals surface area (Å²) < 4.78 is 1.78. The zero-order valence-corrected chi connectivity index (χ0v) is 10.2. The lowest BCUT2D eigenvalue weighted by Gasteiger charge is -2.06. The minimum atomic E-state index is 0.728. The zero-order valence-electron chi connectivity index (χ0n) is 10.2. The molecule has 4 heteroatoms. The number of rotatable bonds is 3. The molecule has 0 aliphatic heterocycles. The summed E-state index contributed by atoms with van der Waals surface area (Å²) in [4.78, 5) is 4.26. The van der Waals surface area contributed by atoms with Gasteiger partial charge in [-0.2, -0.15) is 5.10 Å². The van der Waals surface area contributed by atoms with Crippen molar-refractivity contribution in [2.75, 3.05) is 5.32 Å². The monoisotopic (exact) mass is 238 g/mol. The fraction of sp³-hybridized carbons (Fsp3) is 0.143. The third-order valence-electron chi connectivity index (χ3n) is 2.92. The Labute approximate surface area is 105 Å². The van der Waals surface area contributed by atoms with Crippen molar-refractivity contribution >= 4 is 16.6 Å². The molecule has 1 aromatic carbocycles. The molecule has 0 saturated heterocycles. The molecular formula is C14H14N4. The predicted octanol–water partition coefficient (Wildman–Crippen LogP) is 2.58. The minimum absolute atomic E-state index is 0.728. The van der Waals surface area contributed by atoms with Crippen LogP contribution in [0.15, 0.2) is 48.9 Å². The van der Waals surface area contributed by atoms with Crippen molar-refractivity contribution in [3.8, 4) is 0 Å². The van der Waals surface area contributed by atoms with Crippen LogP contribution in [-0.2, 0) is 13.6 Å². The van der Waals surface area contributed by atoms with Crippen molar-refractivity contribution in [3.05, 3.63) is 54.5 Å². The summed E-state index contributed by atoms with van der Waals surface area (Å²) in [7, 11) is 1.91. The quantitative estimate of drug-likeness (QED) is 0.762. The first-order valence-electron chi connectivity index (χ1n) is 5.88. The van der Waals surface area contributed by atoms with E-state index in [2.05, 4.69) is 27.5 Å². The van der Waals surface area contributed by atoms with Gasteiger partial charge in [0.2, 0.25) is 0 Å². The summed E-state index contributed by atoms with van der Waals surface area (Å²) in [5.41, 5.74) is 1.18. The molecule has 0 amide bonds. The largest absolute Gasteiger partial charge is 0.364 e. The van der Waals surface area contributed by atoms with E-state index in [-0.39, 0.29) is 0 Å². The van der Waals surface area contributed by atoms with Crippen molar-refractivity contribution in [3.63, 3.8) is 0 Å². The third kappa shape index (κ3) is 2.05. The SMILES string of the molecule is Cn1ccc(NCc2cncc3ccccc23)n1. The molecule has 3 rings (SSSR count). The van der Waals surface area contributed by atoms with E-state index in [0.29, 0.717) is 0 Å². The molecule has 2 heterocycles. The summed E-state index contributed by atoms with van der Waals surface area (Å²) in [5, 5.41) is 9.99. The molecule has 0 bridgehead atoms. The van der Waals surface area contributed by atoms with Crippen molar-refractivity contribution in [2.45, 2.75) is 6.54 Å². The highest BCUT2D eigenvalue weighted by molar-refractivity contribution is 5.84. The van der Waals surface area contributed by atoms with Crippen LogP contribution in [0.5, 0.6) is 0 Å². The normalized spacial score (nSPS) is 10.7. The van der Waals surface area contributed by atoms with E-state index in [9.17, 15) is 0 Å². The number of fused-ring (bicyclic) bond motifs is 1. The number of hydrogen-bond acceptors (Lipinski definition) is 3. The van der Waals surface area contributed by atoms with Crippen LogP contribution in [0.1, 0.15) is 5.56 Å². The molecule has 0 fully saturated rings. The maximum atomic E-state index is 4.29. The van der Waals surface area contributed by atoms with E-state index in [4.69, 9.17) is 0 Å². The van der Waals surface area contributed by atoms with Crippen LogP contribution >= 0.6 is 0 Å². The summed E-state index contributed by atoms with van der Waals surface area (Å²) in [5.74, 6) is 0.880. The smallest absolute Gasteiger partial charge is 0.148 e. The van der Waals surface area contributed by atoms with E-state index in [1.807, 2.05) is 43.8 Å². The topological polar surface area (TPSA) is 42.7 Å². The molecule has 0 aliphatic rings. The molecule has 18 heavy (non-hydrogen) atoms. The Morgan fingerprint density at radius 3 is 2.89 bits per heavy atom. The van der Waals surface area contributed by atoms with Gasteiger partial charge in [0.25, 0.3) is 0 Å². The Morgan fingerprint density at radius 1 is 1.17 bits per heavy atom. The Bertz CT molecular complexity index is 667. The van der Waals surface area contributed by atoms with Crippen LogP contribution in [0.3, 0.4) is 0 Å². The molecule has 0 radical (unpaired) electrons. The van der Waals surface area contributed by atoms with E-state index >= 15 is 0 Å². The minimum Gasteiger partial charge on any atom is -0.364 e. The maximum Gasteiger partial charge on any atom is 0.148 e. The summed E-state index contributed by atoms with van der Waals surface area (Å²) >= 11 is 0. The highest BCUT2D eigenvalue weighted by Crippen LogP contribution is 2.17. The molecule has 2 aromatic heterocycles. The van der Waals surface area contributed by atoms with E-state index in [1.54, 1.807) is 4.68 Å². The van der Waals surface area contributed by atoms with Crippen molar-refractivity contribution < 1.29 is 0 Å². The first-order chi connectivity index (χ1) is 8.83. The fourth-order valence-corrected chi connectivity index (χ4v) is 2.02. The first-order valence-corrected chi connectivity index (χ1v) is 5.88. The van der Waals surface area contributed by atoms with Crippen LogP contribution in [0, 0.1) is 0 Å².